The molecule has 0 bridgehead atoms. The summed E-state index contributed by atoms with van der Waals surface area (Å²) in [6.45, 7) is 9.03. The van der Waals surface area contributed by atoms with Crippen molar-refractivity contribution in [1.82, 2.24) is 0 Å². The van der Waals surface area contributed by atoms with Crippen LogP contribution in [-0.2, 0) is 6.42 Å². The standard InChI is InChI=1S/C28H34/c1-5-6-7-8-9-15-24-16-11-13-18-28(24)27-20-19-26(22(3)23(27)4)25-17-12-10-14-21(25)2/h10-14,16-20H,5-9,15H2,1-4H3. The van der Waals surface area contributed by atoms with Gasteiger partial charge in [0.2, 0.25) is 0 Å². The highest BCUT2D eigenvalue weighted by Crippen LogP contribution is 2.35. The monoisotopic (exact) mass is 370 g/mol. The van der Waals surface area contributed by atoms with Crippen molar-refractivity contribution in [2.24, 2.45) is 0 Å². The normalized spacial score (nSPS) is 11.0. The molecule has 0 N–H and O–H groups in total. The first-order valence-corrected chi connectivity index (χ1v) is 10.9. The van der Waals surface area contributed by atoms with Gasteiger partial charge in [0.1, 0.15) is 0 Å². The van der Waals surface area contributed by atoms with E-state index < -0.39 is 0 Å². The van der Waals surface area contributed by atoms with Gasteiger partial charge in [-0.1, -0.05) is 93.3 Å². The highest BCUT2D eigenvalue weighted by molar-refractivity contribution is 5.79. The summed E-state index contributed by atoms with van der Waals surface area (Å²) in [6, 6.07) is 22.3. The van der Waals surface area contributed by atoms with Crippen molar-refractivity contribution in [3.8, 4) is 22.3 Å². The maximum Gasteiger partial charge on any atom is -0.0149 e. The zero-order valence-electron chi connectivity index (χ0n) is 18.0. The topological polar surface area (TPSA) is 0 Å². The molecule has 0 saturated heterocycles. The first kappa shape index (κ1) is 20.4. The summed E-state index contributed by atoms with van der Waals surface area (Å²) in [4.78, 5) is 0. The Labute approximate surface area is 171 Å². The summed E-state index contributed by atoms with van der Waals surface area (Å²) in [5, 5.41) is 0. The van der Waals surface area contributed by atoms with E-state index in [1.54, 1.807) is 0 Å². The average molecular weight is 371 g/mol. The van der Waals surface area contributed by atoms with Crippen LogP contribution in [0.4, 0.5) is 0 Å². The van der Waals surface area contributed by atoms with Gasteiger partial charge >= 0.3 is 0 Å². The molecular formula is C28H34. The SMILES string of the molecule is CCCCCCCc1ccccc1-c1ccc(-c2ccccc2C)c(C)c1C. The maximum absolute atomic E-state index is 2.33. The highest BCUT2D eigenvalue weighted by atomic mass is 14.2. The second-order valence-electron chi connectivity index (χ2n) is 8.05. The van der Waals surface area contributed by atoms with Crippen molar-refractivity contribution in [3.63, 3.8) is 0 Å². The smallest absolute Gasteiger partial charge is 0.0149 e. The molecule has 0 spiro atoms. The molecule has 3 aromatic carbocycles. The van der Waals surface area contributed by atoms with Crippen LogP contribution in [0.2, 0.25) is 0 Å². The molecule has 3 rings (SSSR count). The van der Waals surface area contributed by atoms with Gasteiger partial charge in [-0.25, -0.2) is 0 Å². The predicted octanol–water partition coefficient (Wildman–Crippen LogP) is 8.46. The van der Waals surface area contributed by atoms with E-state index in [1.807, 2.05) is 0 Å². The molecule has 0 heteroatoms. The fraction of sp³-hybridized carbons (Fsp3) is 0.357. The van der Waals surface area contributed by atoms with Crippen molar-refractivity contribution in [1.29, 1.82) is 0 Å². The molecule has 0 aromatic heterocycles. The van der Waals surface area contributed by atoms with Crippen LogP contribution >= 0.6 is 0 Å². The lowest BCUT2D eigenvalue weighted by Gasteiger charge is -2.17. The van der Waals surface area contributed by atoms with E-state index in [9.17, 15) is 0 Å². The number of rotatable bonds is 8. The molecule has 0 aliphatic carbocycles. The van der Waals surface area contributed by atoms with Crippen molar-refractivity contribution >= 4 is 0 Å². The van der Waals surface area contributed by atoms with E-state index in [2.05, 4.69) is 88.4 Å². The minimum absolute atomic E-state index is 1.18. The van der Waals surface area contributed by atoms with Gasteiger partial charge in [-0.3, -0.25) is 0 Å². The Balaban J connectivity index is 1.91. The molecule has 0 nitrogen and oxygen atoms in total. The Morgan fingerprint density at radius 2 is 1.11 bits per heavy atom. The predicted molar refractivity (Wildman–Crippen MR) is 124 cm³/mol. The minimum Gasteiger partial charge on any atom is -0.0654 e. The molecule has 0 atom stereocenters. The lowest BCUT2D eigenvalue weighted by molar-refractivity contribution is 0.632. The first-order valence-electron chi connectivity index (χ1n) is 10.9. The van der Waals surface area contributed by atoms with E-state index in [0.717, 1.165) is 0 Å². The van der Waals surface area contributed by atoms with Crippen LogP contribution in [0.1, 0.15) is 61.3 Å². The quantitative estimate of drug-likeness (QED) is 0.349. The third-order valence-electron chi connectivity index (χ3n) is 6.08. The van der Waals surface area contributed by atoms with Crippen LogP contribution in [0.5, 0.6) is 0 Å². The maximum atomic E-state index is 2.33. The van der Waals surface area contributed by atoms with Crippen molar-refractivity contribution in [2.45, 2.75) is 66.2 Å². The van der Waals surface area contributed by atoms with Crippen molar-refractivity contribution < 1.29 is 0 Å². The molecule has 0 radical (unpaired) electrons. The van der Waals surface area contributed by atoms with Gasteiger partial charge in [-0.05, 0) is 78.1 Å². The third-order valence-corrected chi connectivity index (χ3v) is 6.08. The molecule has 0 unspecified atom stereocenters. The highest BCUT2D eigenvalue weighted by Gasteiger charge is 2.13. The van der Waals surface area contributed by atoms with Gasteiger partial charge in [-0.15, -0.1) is 0 Å². The number of hydrogen-bond acceptors (Lipinski definition) is 0. The van der Waals surface area contributed by atoms with Crippen LogP contribution in [0, 0.1) is 20.8 Å². The summed E-state index contributed by atoms with van der Waals surface area (Å²) < 4.78 is 0. The Bertz CT molecular complexity index is 917. The van der Waals surface area contributed by atoms with Crippen LogP contribution in [0.15, 0.2) is 60.7 Å². The summed E-state index contributed by atoms with van der Waals surface area (Å²) in [7, 11) is 0. The fourth-order valence-electron chi connectivity index (χ4n) is 4.20. The van der Waals surface area contributed by atoms with E-state index in [0.29, 0.717) is 0 Å². The van der Waals surface area contributed by atoms with E-state index in [1.165, 1.54) is 83.0 Å². The summed E-state index contributed by atoms with van der Waals surface area (Å²) in [5.41, 5.74) is 11.1. The van der Waals surface area contributed by atoms with E-state index in [-0.39, 0.29) is 0 Å². The molecule has 0 amide bonds. The van der Waals surface area contributed by atoms with Crippen LogP contribution < -0.4 is 0 Å². The van der Waals surface area contributed by atoms with Crippen LogP contribution in [0.3, 0.4) is 0 Å². The second-order valence-corrected chi connectivity index (χ2v) is 8.05. The van der Waals surface area contributed by atoms with Crippen LogP contribution in [0.25, 0.3) is 22.3 Å². The van der Waals surface area contributed by atoms with Crippen LogP contribution in [-0.4, -0.2) is 0 Å². The molecule has 28 heavy (non-hydrogen) atoms. The minimum atomic E-state index is 1.18. The fourth-order valence-corrected chi connectivity index (χ4v) is 4.20. The lowest BCUT2D eigenvalue weighted by atomic mass is 9.87. The number of benzene rings is 3. The van der Waals surface area contributed by atoms with Gasteiger partial charge in [0.15, 0.2) is 0 Å². The van der Waals surface area contributed by atoms with Gasteiger partial charge in [0.25, 0.3) is 0 Å². The Morgan fingerprint density at radius 1 is 0.536 bits per heavy atom. The molecule has 0 aliphatic heterocycles. The van der Waals surface area contributed by atoms with E-state index >= 15 is 0 Å². The summed E-state index contributed by atoms with van der Waals surface area (Å²) in [5.74, 6) is 0. The average Bonchev–Trinajstić information content (AvgIpc) is 2.71. The van der Waals surface area contributed by atoms with E-state index in [4.69, 9.17) is 0 Å². The van der Waals surface area contributed by atoms with Crippen molar-refractivity contribution in [3.05, 3.63) is 82.9 Å². The Kier molecular flexibility index (Phi) is 7.09. The van der Waals surface area contributed by atoms with Crippen molar-refractivity contribution in [2.75, 3.05) is 0 Å². The Hall–Kier alpha value is -2.34. The molecule has 0 fully saturated rings. The Morgan fingerprint density at radius 3 is 1.79 bits per heavy atom. The first-order chi connectivity index (χ1) is 13.6. The second kappa shape index (κ2) is 9.73. The largest absolute Gasteiger partial charge is 0.0654 e. The molecule has 0 aliphatic rings. The molecule has 3 aromatic rings. The lowest BCUT2D eigenvalue weighted by Crippen LogP contribution is -1.96. The molecule has 0 saturated carbocycles. The zero-order chi connectivity index (χ0) is 19.9. The van der Waals surface area contributed by atoms with Gasteiger partial charge in [0, 0.05) is 0 Å². The molecule has 0 heterocycles. The zero-order valence-corrected chi connectivity index (χ0v) is 18.0. The number of aryl methyl sites for hydroxylation is 2. The third kappa shape index (κ3) is 4.55. The van der Waals surface area contributed by atoms with Gasteiger partial charge in [-0.2, -0.15) is 0 Å². The molecular weight excluding hydrogens is 336 g/mol. The summed E-state index contributed by atoms with van der Waals surface area (Å²) >= 11 is 0. The number of hydrogen-bond donors (Lipinski definition) is 0. The number of unbranched alkanes of at least 4 members (excludes halogenated alkanes) is 4. The summed E-state index contributed by atoms with van der Waals surface area (Å²) in [6.07, 6.45) is 7.84. The van der Waals surface area contributed by atoms with Gasteiger partial charge < -0.3 is 0 Å². The molecule has 146 valence electrons. The van der Waals surface area contributed by atoms with Gasteiger partial charge in [0.05, 0.1) is 0 Å².